The van der Waals surface area contributed by atoms with Gasteiger partial charge in [0.05, 0.1) is 5.70 Å². The van der Waals surface area contributed by atoms with Gasteiger partial charge in [0, 0.05) is 45.9 Å². The Morgan fingerprint density at radius 3 is 1.70 bits per heavy atom. The molecule has 0 aliphatic carbocycles. The van der Waals surface area contributed by atoms with Gasteiger partial charge < -0.3 is 4.98 Å². The van der Waals surface area contributed by atoms with E-state index in [-0.39, 0.29) is 0 Å². The summed E-state index contributed by atoms with van der Waals surface area (Å²) in [5.41, 5.74) is 8.09. The molecule has 0 unspecified atom stereocenters. The topological polar surface area (TPSA) is 28.1 Å². The lowest BCUT2D eigenvalue weighted by molar-refractivity contribution is 1.32. The average molecular weight is 421 g/mol. The highest BCUT2D eigenvalue weighted by Crippen LogP contribution is 2.28. The molecular formula is C31H20N2. The number of benzene rings is 3. The van der Waals surface area contributed by atoms with Crippen molar-refractivity contribution in [2.45, 2.75) is 0 Å². The van der Waals surface area contributed by atoms with E-state index in [1.54, 1.807) is 0 Å². The minimum Gasteiger partial charge on any atom is -0.361 e. The number of hydrogen-bond acceptors (Lipinski definition) is 1. The molecule has 2 heterocycles. The number of nitrogens with one attached hydrogen (secondary N) is 1. The Kier molecular flexibility index (Phi) is 5.83. The third-order valence-electron chi connectivity index (χ3n) is 5.21. The molecule has 1 aliphatic rings. The molecule has 0 bridgehead atoms. The second-order valence-corrected chi connectivity index (χ2v) is 7.50. The molecule has 2 heteroatoms. The number of rotatable bonds is 2. The number of hydrogen-bond donors (Lipinski definition) is 1. The predicted octanol–water partition coefficient (Wildman–Crippen LogP) is 6.21. The zero-order chi connectivity index (χ0) is 22.3. The molecule has 3 aromatic carbocycles. The standard InChI is InChI=1S/C31H20N2/c1-2-6-24(7-3-1)10-11-25-12-14-26(15-13-25)16-17-27-18-20-28(21-19-27)31(29-8-4-22-32-29)30-9-5-23-33-30/h1-9,12-15,18-23,32H. The van der Waals surface area contributed by atoms with Gasteiger partial charge in [0.2, 0.25) is 0 Å². The maximum Gasteiger partial charge on any atom is 0.0729 e. The summed E-state index contributed by atoms with van der Waals surface area (Å²) in [5.74, 6) is 12.9. The van der Waals surface area contributed by atoms with Gasteiger partial charge in [-0.15, -0.1) is 0 Å². The van der Waals surface area contributed by atoms with Gasteiger partial charge in [-0.3, -0.25) is 4.99 Å². The van der Waals surface area contributed by atoms with Crippen molar-refractivity contribution in [3.05, 3.63) is 149 Å². The Labute approximate surface area is 194 Å². The van der Waals surface area contributed by atoms with Crippen LogP contribution < -0.4 is 0 Å². The Morgan fingerprint density at radius 2 is 1.18 bits per heavy atom. The summed E-state index contributed by atoms with van der Waals surface area (Å²) in [4.78, 5) is 7.78. The van der Waals surface area contributed by atoms with Crippen molar-refractivity contribution in [1.29, 1.82) is 0 Å². The molecule has 0 spiro atoms. The lowest BCUT2D eigenvalue weighted by Gasteiger charge is -2.08. The monoisotopic (exact) mass is 420 g/mol. The van der Waals surface area contributed by atoms with Crippen molar-refractivity contribution in [1.82, 2.24) is 4.98 Å². The minimum absolute atomic E-state index is 0.951. The van der Waals surface area contributed by atoms with Gasteiger partial charge in [0.15, 0.2) is 0 Å². The van der Waals surface area contributed by atoms with Crippen LogP contribution in [0.4, 0.5) is 0 Å². The van der Waals surface area contributed by atoms with Gasteiger partial charge in [0.25, 0.3) is 0 Å². The number of aromatic nitrogens is 1. The second-order valence-electron chi connectivity index (χ2n) is 7.50. The SMILES string of the molecule is C(#Cc1ccc(C#Cc2ccc(C(=C3C=CC=N3)c3ccc[nH]3)cc2)cc1)c1ccccc1. The van der Waals surface area contributed by atoms with E-state index in [2.05, 4.69) is 51.9 Å². The summed E-state index contributed by atoms with van der Waals surface area (Å²) in [6.45, 7) is 0. The quantitative estimate of drug-likeness (QED) is 0.373. The van der Waals surface area contributed by atoms with E-state index in [1.165, 1.54) is 0 Å². The van der Waals surface area contributed by atoms with Gasteiger partial charge in [0.1, 0.15) is 0 Å². The molecule has 0 atom stereocenters. The summed E-state index contributed by atoms with van der Waals surface area (Å²) in [7, 11) is 0. The second kappa shape index (κ2) is 9.56. The van der Waals surface area contributed by atoms with Crippen LogP contribution in [0.25, 0.3) is 5.57 Å². The van der Waals surface area contributed by atoms with Gasteiger partial charge in [-0.2, -0.15) is 0 Å². The molecule has 0 fully saturated rings. The highest BCUT2D eigenvalue weighted by molar-refractivity contribution is 5.88. The number of aliphatic imine (C=N–C) groups is 1. The van der Waals surface area contributed by atoms with Crippen LogP contribution in [-0.2, 0) is 0 Å². The minimum atomic E-state index is 0.951. The first-order chi connectivity index (χ1) is 16.3. The Hall–Kier alpha value is -4.79. The Balaban J connectivity index is 1.33. The summed E-state index contributed by atoms with van der Waals surface area (Å²) in [6, 6.07) is 30.4. The summed E-state index contributed by atoms with van der Waals surface area (Å²) < 4.78 is 0. The fourth-order valence-electron chi connectivity index (χ4n) is 3.54. The lowest BCUT2D eigenvalue weighted by Crippen LogP contribution is -1.92. The van der Waals surface area contributed by atoms with E-state index in [1.807, 2.05) is 97.4 Å². The van der Waals surface area contributed by atoms with Gasteiger partial charge in [-0.1, -0.05) is 54.0 Å². The molecule has 33 heavy (non-hydrogen) atoms. The Morgan fingerprint density at radius 1 is 0.606 bits per heavy atom. The van der Waals surface area contributed by atoms with E-state index >= 15 is 0 Å². The maximum atomic E-state index is 4.49. The molecule has 0 saturated carbocycles. The number of H-pyrrole nitrogens is 1. The normalized spacial score (nSPS) is 13.1. The molecule has 1 aromatic heterocycles. The fourth-order valence-corrected chi connectivity index (χ4v) is 3.54. The molecule has 2 nitrogen and oxygen atoms in total. The van der Waals surface area contributed by atoms with Crippen LogP contribution >= 0.6 is 0 Å². The first-order valence-electron chi connectivity index (χ1n) is 10.7. The summed E-state index contributed by atoms with van der Waals surface area (Å²) in [5, 5.41) is 0. The van der Waals surface area contributed by atoms with Gasteiger partial charge in [-0.25, -0.2) is 0 Å². The third-order valence-corrected chi connectivity index (χ3v) is 5.21. The van der Waals surface area contributed by atoms with E-state index in [9.17, 15) is 0 Å². The van der Waals surface area contributed by atoms with Crippen LogP contribution in [0.5, 0.6) is 0 Å². The van der Waals surface area contributed by atoms with Gasteiger partial charge >= 0.3 is 0 Å². The fraction of sp³-hybridized carbons (Fsp3) is 0. The van der Waals surface area contributed by atoms with Crippen molar-refractivity contribution in [2.24, 2.45) is 4.99 Å². The average Bonchev–Trinajstić information content (AvgIpc) is 3.59. The molecule has 154 valence electrons. The van der Waals surface area contributed by atoms with Crippen molar-refractivity contribution in [3.63, 3.8) is 0 Å². The highest BCUT2D eigenvalue weighted by Gasteiger charge is 2.12. The van der Waals surface area contributed by atoms with Crippen molar-refractivity contribution in [3.8, 4) is 23.7 Å². The molecule has 4 aromatic rings. The van der Waals surface area contributed by atoms with Crippen LogP contribution in [0.15, 0.2) is 120 Å². The predicted molar refractivity (Wildman–Crippen MR) is 136 cm³/mol. The van der Waals surface area contributed by atoms with E-state index in [4.69, 9.17) is 0 Å². The molecule has 1 aliphatic heterocycles. The molecule has 5 rings (SSSR count). The van der Waals surface area contributed by atoms with Gasteiger partial charge in [-0.05, 0) is 78.4 Å². The van der Waals surface area contributed by atoms with Crippen molar-refractivity contribution in [2.75, 3.05) is 0 Å². The largest absolute Gasteiger partial charge is 0.361 e. The highest BCUT2D eigenvalue weighted by atomic mass is 14.8. The lowest BCUT2D eigenvalue weighted by atomic mass is 9.99. The first-order valence-corrected chi connectivity index (χ1v) is 10.7. The molecular weight excluding hydrogens is 400 g/mol. The van der Waals surface area contributed by atoms with Crippen LogP contribution in [-0.4, -0.2) is 11.2 Å². The molecule has 0 amide bonds. The number of aromatic amines is 1. The first kappa shape index (κ1) is 20.1. The van der Waals surface area contributed by atoms with Crippen LogP contribution in [0, 0.1) is 23.7 Å². The van der Waals surface area contributed by atoms with Crippen molar-refractivity contribution < 1.29 is 0 Å². The third kappa shape index (κ3) is 4.93. The summed E-state index contributed by atoms with van der Waals surface area (Å²) in [6.07, 6.45) is 7.72. The molecule has 1 N–H and O–H groups in total. The zero-order valence-corrected chi connectivity index (χ0v) is 17.9. The van der Waals surface area contributed by atoms with Crippen LogP contribution in [0.3, 0.4) is 0 Å². The van der Waals surface area contributed by atoms with E-state index in [0.717, 1.165) is 44.8 Å². The number of allylic oxidation sites excluding steroid dienone is 2. The van der Waals surface area contributed by atoms with E-state index < -0.39 is 0 Å². The van der Waals surface area contributed by atoms with Crippen LogP contribution in [0.2, 0.25) is 0 Å². The van der Waals surface area contributed by atoms with E-state index in [0.29, 0.717) is 0 Å². The molecule has 0 saturated heterocycles. The maximum absolute atomic E-state index is 4.49. The van der Waals surface area contributed by atoms with Crippen LogP contribution in [0.1, 0.15) is 33.5 Å². The Bertz CT molecular complexity index is 1450. The zero-order valence-electron chi connectivity index (χ0n) is 17.9. The van der Waals surface area contributed by atoms with Crippen molar-refractivity contribution >= 4 is 11.8 Å². The number of nitrogens with zero attached hydrogens (tertiary/aromatic N) is 1. The molecule has 0 radical (unpaired) electrons. The smallest absolute Gasteiger partial charge is 0.0729 e. The summed E-state index contributed by atoms with van der Waals surface area (Å²) >= 11 is 0.